The highest BCUT2D eigenvalue weighted by Crippen LogP contribution is 2.48. The second kappa shape index (κ2) is 15.3. The van der Waals surface area contributed by atoms with E-state index < -0.39 is 95.8 Å². The third-order valence-electron chi connectivity index (χ3n) is 11.7. The highest BCUT2D eigenvalue weighted by atomic mass is 16.7. The molecule has 0 radical (unpaired) electrons. The third kappa shape index (κ3) is 7.86. The monoisotopic (exact) mass is 701 g/mol. The van der Waals surface area contributed by atoms with Crippen LogP contribution in [0.4, 0.5) is 0 Å². The Bertz CT molecular complexity index is 1180. The molecule has 0 saturated carbocycles. The Kier molecular flexibility index (Phi) is 12.6. The van der Waals surface area contributed by atoms with Gasteiger partial charge in [0.15, 0.2) is 12.6 Å². The quantitative estimate of drug-likeness (QED) is 0.222. The van der Waals surface area contributed by atoms with Crippen LogP contribution in [0.1, 0.15) is 94.9 Å². The zero-order chi connectivity index (χ0) is 36.8. The van der Waals surface area contributed by atoms with Gasteiger partial charge in [-0.15, -0.1) is 0 Å². The van der Waals surface area contributed by atoms with Gasteiger partial charge in [-0.2, -0.15) is 0 Å². The summed E-state index contributed by atoms with van der Waals surface area (Å²) in [6.45, 7) is 17.9. The topological polar surface area (TPSA) is 175 Å². The van der Waals surface area contributed by atoms with Gasteiger partial charge in [-0.25, -0.2) is 0 Å². The molecule has 49 heavy (non-hydrogen) atoms. The minimum Gasteiger partial charge on any atom is -0.488 e. The van der Waals surface area contributed by atoms with Crippen molar-refractivity contribution in [3.8, 4) is 0 Å². The Morgan fingerprint density at radius 3 is 2.33 bits per heavy atom. The van der Waals surface area contributed by atoms with Crippen LogP contribution in [0, 0.1) is 17.8 Å². The van der Waals surface area contributed by atoms with Gasteiger partial charge in [0.05, 0.1) is 41.9 Å². The van der Waals surface area contributed by atoms with Crippen LogP contribution >= 0.6 is 0 Å². The molecule has 2 bridgehead atoms. The third-order valence-corrected chi connectivity index (χ3v) is 11.7. The second-order valence-electron chi connectivity index (χ2n) is 15.7. The molecule has 13 heteroatoms. The van der Waals surface area contributed by atoms with Gasteiger partial charge in [0.1, 0.15) is 41.4 Å². The number of rotatable bonds is 9. The van der Waals surface area contributed by atoms with Crippen LogP contribution < -0.4 is 5.32 Å². The number of aliphatic hydroxyl groups excluding tert-OH is 3. The van der Waals surface area contributed by atoms with Crippen molar-refractivity contribution in [2.75, 3.05) is 14.2 Å². The van der Waals surface area contributed by atoms with E-state index in [0.29, 0.717) is 18.6 Å². The molecule has 13 nitrogen and oxygen atoms in total. The van der Waals surface area contributed by atoms with Gasteiger partial charge in [-0.1, -0.05) is 20.8 Å². The van der Waals surface area contributed by atoms with Crippen molar-refractivity contribution < 1.29 is 58.4 Å². The molecule has 4 aliphatic rings. The van der Waals surface area contributed by atoms with Gasteiger partial charge in [0.2, 0.25) is 0 Å². The number of ether oxygens (including phenoxy) is 7. The van der Waals surface area contributed by atoms with Gasteiger partial charge >= 0.3 is 5.97 Å². The van der Waals surface area contributed by atoms with E-state index in [1.54, 1.807) is 34.7 Å². The molecular formula is C36H63NO12. The van der Waals surface area contributed by atoms with Gasteiger partial charge in [0, 0.05) is 31.9 Å². The van der Waals surface area contributed by atoms with E-state index >= 15 is 0 Å². The van der Waals surface area contributed by atoms with Crippen LogP contribution in [-0.2, 0) is 38.0 Å². The summed E-state index contributed by atoms with van der Waals surface area (Å²) in [5.41, 5.74) is -2.95. The molecule has 0 aromatic heterocycles. The molecule has 3 saturated heterocycles. The Morgan fingerprint density at radius 1 is 1.08 bits per heavy atom. The van der Waals surface area contributed by atoms with Gasteiger partial charge in [-0.3, -0.25) is 4.79 Å². The van der Waals surface area contributed by atoms with Crippen LogP contribution in [-0.4, -0.2) is 125 Å². The molecule has 284 valence electrons. The summed E-state index contributed by atoms with van der Waals surface area (Å²) >= 11 is 0. The largest absolute Gasteiger partial charge is 0.488 e. The normalized spacial score (nSPS) is 47.1. The first-order chi connectivity index (χ1) is 22.7. The summed E-state index contributed by atoms with van der Waals surface area (Å²) in [5.74, 6) is -2.26. The highest BCUT2D eigenvalue weighted by Gasteiger charge is 2.56. The Morgan fingerprint density at radius 2 is 1.73 bits per heavy atom. The van der Waals surface area contributed by atoms with Crippen LogP contribution in [0.3, 0.4) is 0 Å². The number of esters is 1. The van der Waals surface area contributed by atoms with Crippen LogP contribution in [0.5, 0.6) is 0 Å². The van der Waals surface area contributed by atoms with E-state index in [1.807, 2.05) is 34.6 Å². The number of carbonyl (C=O) groups excluding carboxylic acids is 1. The molecule has 5 unspecified atom stereocenters. The number of hydrogen-bond donors (Lipinski definition) is 5. The number of fused-ring (bicyclic) bond motifs is 2. The Labute approximate surface area is 291 Å². The lowest BCUT2D eigenvalue weighted by Crippen LogP contribution is -2.60. The zero-order valence-electron chi connectivity index (χ0n) is 31.5. The average Bonchev–Trinajstić information content (AvgIpc) is 3.37. The summed E-state index contributed by atoms with van der Waals surface area (Å²) in [7, 11) is 3.31. The van der Waals surface area contributed by atoms with Crippen LogP contribution in [0.15, 0.2) is 11.3 Å². The molecule has 0 aliphatic carbocycles. The molecule has 3 fully saturated rings. The average molecular weight is 702 g/mol. The SMILES string of the molecule is CC[C@@H](O)[C@@](C)(O)[C@@H]1OC(=O)[C@H](C)[C@@H](O[C@H]2CC(C)(OC)[C@@H](O)C(C)O2)[C@H](C)[C@@H](O[C@@H]2OC(C)CC(NC)C2O)[C@@]2(C)CC(C)=C(O2)[C@@H]1C. The van der Waals surface area contributed by atoms with Crippen molar-refractivity contribution >= 4 is 5.97 Å². The van der Waals surface area contributed by atoms with Crippen molar-refractivity contribution in [2.45, 2.75) is 179 Å². The molecule has 0 aromatic carbocycles. The zero-order valence-corrected chi connectivity index (χ0v) is 31.5. The van der Waals surface area contributed by atoms with E-state index in [9.17, 15) is 25.2 Å². The van der Waals surface area contributed by atoms with Crippen molar-refractivity contribution in [3.63, 3.8) is 0 Å². The van der Waals surface area contributed by atoms with E-state index in [4.69, 9.17) is 33.2 Å². The number of hydrogen-bond acceptors (Lipinski definition) is 13. The minimum absolute atomic E-state index is 0.174. The van der Waals surface area contributed by atoms with Gasteiger partial charge < -0.3 is 58.9 Å². The molecular weight excluding hydrogens is 638 g/mol. The molecule has 4 aliphatic heterocycles. The van der Waals surface area contributed by atoms with Gasteiger partial charge in [0.25, 0.3) is 0 Å². The van der Waals surface area contributed by atoms with Crippen molar-refractivity contribution in [1.29, 1.82) is 0 Å². The van der Waals surface area contributed by atoms with E-state index in [-0.39, 0.29) is 25.0 Å². The summed E-state index contributed by atoms with van der Waals surface area (Å²) < 4.78 is 44.6. The highest BCUT2D eigenvalue weighted by molar-refractivity contribution is 5.73. The molecule has 4 rings (SSSR count). The number of carbonyl (C=O) groups is 1. The lowest BCUT2D eigenvalue weighted by Gasteiger charge is -2.48. The minimum atomic E-state index is -1.82. The lowest BCUT2D eigenvalue weighted by atomic mass is 9.78. The predicted molar refractivity (Wildman–Crippen MR) is 179 cm³/mol. The van der Waals surface area contributed by atoms with Crippen molar-refractivity contribution in [3.05, 3.63) is 11.3 Å². The molecule has 5 N–H and O–H groups in total. The number of aliphatic hydroxyl groups is 4. The van der Waals surface area contributed by atoms with E-state index in [2.05, 4.69) is 5.32 Å². The van der Waals surface area contributed by atoms with Crippen LogP contribution in [0.25, 0.3) is 0 Å². The fourth-order valence-corrected chi connectivity index (χ4v) is 8.52. The number of methoxy groups -OCH3 is 1. The maximum atomic E-state index is 14.2. The molecule has 0 aromatic rings. The van der Waals surface area contributed by atoms with Crippen molar-refractivity contribution in [2.24, 2.45) is 17.8 Å². The van der Waals surface area contributed by atoms with E-state index in [0.717, 1.165) is 5.57 Å². The summed E-state index contributed by atoms with van der Waals surface area (Å²) in [6.07, 6.45) is -7.29. The Balaban J connectivity index is 1.82. The maximum absolute atomic E-state index is 14.2. The Hall–Kier alpha value is -1.39. The first-order valence-electron chi connectivity index (χ1n) is 17.9. The smallest absolute Gasteiger partial charge is 0.311 e. The summed E-state index contributed by atoms with van der Waals surface area (Å²) in [6, 6.07) is -0.274. The maximum Gasteiger partial charge on any atom is 0.311 e. The number of nitrogens with one attached hydrogen (secondary N) is 1. The lowest BCUT2D eigenvalue weighted by molar-refractivity contribution is -0.314. The second-order valence-corrected chi connectivity index (χ2v) is 15.7. The fraction of sp³-hybridized carbons (Fsp3) is 0.917. The summed E-state index contributed by atoms with van der Waals surface area (Å²) in [4.78, 5) is 14.2. The predicted octanol–water partition coefficient (Wildman–Crippen LogP) is 2.55. The molecule has 4 heterocycles. The number of cyclic esters (lactones) is 1. The molecule has 0 amide bonds. The standard InChI is InChI=1S/C36H63NO12/c1-13-24(38)36(10,42)31-19(4)27-17(2)15-35(9,49-27)30(48-33-26(39)23(37-11)14-18(3)44-33)20(5)28(21(6)32(41)47-31)46-25-16-34(8,43-12)29(40)22(7)45-25/h18-26,28-31,33,37-40,42H,13-16H2,1-12H3/t18?,19-,20-,21+,22?,23?,24+,25-,26?,28-,29-,30+,31+,33-,34?,35+,36+/m0/s1. The summed E-state index contributed by atoms with van der Waals surface area (Å²) in [5, 5.41) is 48.1. The molecule has 0 spiro atoms. The van der Waals surface area contributed by atoms with E-state index in [1.165, 1.54) is 14.0 Å². The first kappa shape index (κ1) is 40.4. The first-order valence-corrected chi connectivity index (χ1v) is 17.9. The fourth-order valence-electron chi connectivity index (χ4n) is 8.52. The van der Waals surface area contributed by atoms with Crippen LogP contribution in [0.2, 0.25) is 0 Å². The number of likely N-dealkylation sites (N-methyl/N-ethyl adjacent to an activating group) is 1. The van der Waals surface area contributed by atoms with Crippen molar-refractivity contribution in [1.82, 2.24) is 5.32 Å². The van der Waals surface area contributed by atoms with Gasteiger partial charge in [-0.05, 0) is 73.9 Å². The molecule has 17 atom stereocenters.